The molecule has 1 N–H and O–H groups in total. The third-order valence-electron chi connectivity index (χ3n) is 2.41. The second-order valence-corrected chi connectivity index (χ2v) is 3.97. The molecule has 0 fully saturated rings. The van der Waals surface area contributed by atoms with Crippen LogP contribution in [-0.2, 0) is 11.3 Å². The molecule has 0 radical (unpaired) electrons. The zero-order valence-electron chi connectivity index (χ0n) is 10.2. The lowest BCUT2D eigenvalue weighted by Crippen LogP contribution is -2.13. The van der Waals surface area contributed by atoms with Gasteiger partial charge in [0.1, 0.15) is 18.5 Å². The van der Waals surface area contributed by atoms with Crippen LogP contribution in [-0.4, -0.2) is 25.7 Å². The van der Waals surface area contributed by atoms with Gasteiger partial charge in [-0.1, -0.05) is 6.07 Å². The van der Waals surface area contributed by atoms with E-state index in [-0.39, 0.29) is 5.91 Å². The van der Waals surface area contributed by atoms with Gasteiger partial charge in [-0.2, -0.15) is 5.10 Å². The monoisotopic (exact) mass is 245 g/mol. The van der Waals surface area contributed by atoms with Crippen LogP contribution < -0.4 is 5.32 Å². The number of carbonyl (C=O) groups excluding carboxylic acids is 1. The standard InChI is InChI=1S/C12H15N5O/c1-10-4-2-5-11(15-10)16-12(18)6-3-7-17-9-13-8-14-17/h2,4-5,8-9H,3,6-7H2,1H3,(H,15,16,18). The maximum atomic E-state index is 11.7. The molecular weight excluding hydrogens is 230 g/mol. The van der Waals surface area contributed by atoms with Gasteiger partial charge >= 0.3 is 0 Å². The molecule has 0 aliphatic carbocycles. The van der Waals surface area contributed by atoms with E-state index in [0.717, 1.165) is 12.1 Å². The van der Waals surface area contributed by atoms with E-state index in [9.17, 15) is 4.79 Å². The Bertz CT molecular complexity index is 509. The van der Waals surface area contributed by atoms with Gasteiger partial charge in [-0.25, -0.2) is 9.97 Å². The number of aryl methyl sites for hydroxylation is 2. The Morgan fingerprint density at radius 3 is 3.06 bits per heavy atom. The maximum Gasteiger partial charge on any atom is 0.225 e. The van der Waals surface area contributed by atoms with Crippen molar-refractivity contribution in [2.75, 3.05) is 5.32 Å². The van der Waals surface area contributed by atoms with Gasteiger partial charge in [0, 0.05) is 18.7 Å². The molecule has 2 aromatic rings. The third-order valence-corrected chi connectivity index (χ3v) is 2.41. The SMILES string of the molecule is Cc1cccc(NC(=O)CCCn2cncn2)n1. The summed E-state index contributed by atoms with van der Waals surface area (Å²) in [6.07, 6.45) is 4.28. The van der Waals surface area contributed by atoms with Crippen molar-refractivity contribution in [1.29, 1.82) is 0 Å². The van der Waals surface area contributed by atoms with Gasteiger partial charge in [0.2, 0.25) is 5.91 Å². The summed E-state index contributed by atoms with van der Waals surface area (Å²) >= 11 is 0. The van der Waals surface area contributed by atoms with Crippen molar-refractivity contribution >= 4 is 11.7 Å². The Hall–Kier alpha value is -2.24. The molecule has 1 amide bonds. The lowest BCUT2D eigenvalue weighted by molar-refractivity contribution is -0.116. The van der Waals surface area contributed by atoms with Crippen LogP contribution in [0.5, 0.6) is 0 Å². The highest BCUT2D eigenvalue weighted by Crippen LogP contribution is 2.05. The summed E-state index contributed by atoms with van der Waals surface area (Å²) in [5, 5.41) is 6.74. The first kappa shape index (κ1) is 12.2. The molecule has 2 rings (SSSR count). The van der Waals surface area contributed by atoms with Crippen LogP contribution in [0.25, 0.3) is 0 Å². The molecule has 0 aliphatic heterocycles. The van der Waals surface area contributed by atoms with E-state index >= 15 is 0 Å². The summed E-state index contributed by atoms with van der Waals surface area (Å²) in [6, 6.07) is 5.54. The van der Waals surface area contributed by atoms with Gasteiger partial charge in [-0.05, 0) is 25.5 Å². The molecule has 6 nitrogen and oxygen atoms in total. The van der Waals surface area contributed by atoms with E-state index in [4.69, 9.17) is 0 Å². The van der Waals surface area contributed by atoms with Crippen molar-refractivity contribution in [3.63, 3.8) is 0 Å². The number of pyridine rings is 1. The summed E-state index contributed by atoms with van der Waals surface area (Å²) in [5.41, 5.74) is 0.885. The summed E-state index contributed by atoms with van der Waals surface area (Å²) in [5.74, 6) is 0.564. The van der Waals surface area contributed by atoms with Gasteiger partial charge in [0.25, 0.3) is 0 Å². The predicted octanol–water partition coefficient (Wildman–Crippen LogP) is 1.40. The number of carbonyl (C=O) groups is 1. The fourth-order valence-electron chi connectivity index (χ4n) is 1.57. The lowest BCUT2D eigenvalue weighted by Gasteiger charge is -2.05. The summed E-state index contributed by atoms with van der Waals surface area (Å²) in [4.78, 5) is 19.7. The minimum atomic E-state index is -0.0341. The van der Waals surface area contributed by atoms with Crippen molar-refractivity contribution in [2.24, 2.45) is 0 Å². The van der Waals surface area contributed by atoms with Crippen LogP contribution in [0.4, 0.5) is 5.82 Å². The average molecular weight is 245 g/mol. The Labute approximate surface area is 105 Å². The van der Waals surface area contributed by atoms with Crippen LogP contribution in [0.15, 0.2) is 30.9 Å². The molecule has 0 saturated heterocycles. The number of amides is 1. The van der Waals surface area contributed by atoms with Crippen LogP contribution in [0.1, 0.15) is 18.5 Å². The quantitative estimate of drug-likeness (QED) is 0.864. The lowest BCUT2D eigenvalue weighted by atomic mass is 10.3. The number of rotatable bonds is 5. The number of nitrogens with zero attached hydrogens (tertiary/aromatic N) is 4. The first-order valence-corrected chi connectivity index (χ1v) is 5.80. The molecule has 94 valence electrons. The highest BCUT2D eigenvalue weighted by Gasteiger charge is 2.03. The Morgan fingerprint density at radius 2 is 2.33 bits per heavy atom. The Morgan fingerprint density at radius 1 is 1.44 bits per heavy atom. The molecule has 0 aliphatic rings. The van der Waals surface area contributed by atoms with E-state index in [2.05, 4.69) is 20.4 Å². The Balaban J connectivity index is 1.75. The largest absolute Gasteiger partial charge is 0.311 e. The van der Waals surface area contributed by atoms with Crippen molar-refractivity contribution in [2.45, 2.75) is 26.3 Å². The second kappa shape index (κ2) is 5.90. The normalized spacial score (nSPS) is 10.3. The molecular formula is C12H15N5O. The third kappa shape index (κ3) is 3.65. The second-order valence-electron chi connectivity index (χ2n) is 3.97. The molecule has 18 heavy (non-hydrogen) atoms. The molecule has 0 spiro atoms. The Kier molecular flexibility index (Phi) is 4.01. The average Bonchev–Trinajstić information content (AvgIpc) is 2.82. The summed E-state index contributed by atoms with van der Waals surface area (Å²) < 4.78 is 1.71. The molecule has 0 bridgehead atoms. The van der Waals surface area contributed by atoms with Crippen LogP contribution in [0.2, 0.25) is 0 Å². The molecule has 0 unspecified atom stereocenters. The van der Waals surface area contributed by atoms with Gasteiger partial charge < -0.3 is 5.32 Å². The van der Waals surface area contributed by atoms with Crippen molar-refractivity contribution in [1.82, 2.24) is 19.7 Å². The first-order chi connectivity index (χ1) is 8.74. The van der Waals surface area contributed by atoms with Crippen LogP contribution in [0, 0.1) is 6.92 Å². The minimum Gasteiger partial charge on any atom is -0.311 e. The van der Waals surface area contributed by atoms with Crippen molar-refractivity contribution in [3.8, 4) is 0 Å². The van der Waals surface area contributed by atoms with E-state index in [1.807, 2.05) is 19.1 Å². The van der Waals surface area contributed by atoms with Crippen LogP contribution in [0.3, 0.4) is 0 Å². The molecule has 2 aromatic heterocycles. The molecule has 0 atom stereocenters. The number of hydrogen-bond donors (Lipinski definition) is 1. The summed E-state index contributed by atoms with van der Waals surface area (Å²) in [7, 11) is 0. The fraction of sp³-hybridized carbons (Fsp3) is 0.333. The van der Waals surface area contributed by atoms with E-state index in [0.29, 0.717) is 18.8 Å². The highest BCUT2D eigenvalue weighted by atomic mass is 16.1. The molecule has 0 aromatic carbocycles. The van der Waals surface area contributed by atoms with E-state index in [1.165, 1.54) is 6.33 Å². The number of nitrogens with one attached hydrogen (secondary N) is 1. The smallest absolute Gasteiger partial charge is 0.225 e. The van der Waals surface area contributed by atoms with E-state index < -0.39 is 0 Å². The van der Waals surface area contributed by atoms with Crippen LogP contribution >= 0.6 is 0 Å². The van der Waals surface area contributed by atoms with Gasteiger partial charge in [0.15, 0.2) is 0 Å². The predicted molar refractivity (Wildman–Crippen MR) is 66.9 cm³/mol. The zero-order chi connectivity index (χ0) is 12.8. The van der Waals surface area contributed by atoms with Crippen molar-refractivity contribution in [3.05, 3.63) is 36.5 Å². The molecule has 6 heteroatoms. The fourth-order valence-corrected chi connectivity index (χ4v) is 1.57. The molecule has 0 saturated carbocycles. The first-order valence-electron chi connectivity index (χ1n) is 5.80. The van der Waals surface area contributed by atoms with Gasteiger partial charge in [-0.3, -0.25) is 9.48 Å². The minimum absolute atomic E-state index is 0.0341. The zero-order valence-corrected chi connectivity index (χ0v) is 10.2. The molecule has 2 heterocycles. The topological polar surface area (TPSA) is 72.7 Å². The number of hydrogen-bond acceptors (Lipinski definition) is 4. The summed E-state index contributed by atoms with van der Waals surface area (Å²) in [6.45, 7) is 2.58. The number of aromatic nitrogens is 4. The van der Waals surface area contributed by atoms with Gasteiger partial charge in [0.05, 0.1) is 0 Å². The maximum absolute atomic E-state index is 11.7. The highest BCUT2D eigenvalue weighted by molar-refractivity contribution is 5.89. The number of anilines is 1. The van der Waals surface area contributed by atoms with E-state index in [1.54, 1.807) is 17.1 Å². The van der Waals surface area contributed by atoms with Gasteiger partial charge in [-0.15, -0.1) is 0 Å². The van der Waals surface area contributed by atoms with Crippen molar-refractivity contribution < 1.29 is 4.79 Å².